The maximum Gasteiger partial charge on any atom is 0.330 e. The number of nitrogens with two attached hydrogens (primary N) is 1. The van der Waals surface area contributed by atoms with Crippen LogP contribution in [0.25, 0.3) is 0 Å². The molecule has 1 aromatic carbocycles. The molecule has 0 aliphatic rings. The largest absolute Gasteiger partial charge is 0.435 e. The van der Waals surface area contributed by atoms with Crippen molar-refractivity contribution in [1.29, 1.82) is 0 Å². The molecular weight excluding hydrogens is 290 g/mol. The van der Waals surface area contributed by atoms with E-state index in [0.29, 0.717) is 0 Å². The quantitative estimate of drug-likeness (QED) is 0.329. The van der Waals surface area contributed by atoms with Gasteiger partial charge in [-0.25, -0.2) is 5.14 Å². The summed E-state index contributed by atoms with van der Waals surface area (Å²) in [6.07, 6.45) is -1.31. The standard InChI is InChI=1S/C11H14O4.H3NO3S/c1-8(13)15-11(14)10(7-12)9-5-3-2-4-6-9;1-5(2,3)4/h2-6,10-12,14H,7H2,1H3;(H3,1,2,3,4). The van der Waals surface area contributed by atoms with Gasteiger partial charge in [-0.1, -0.05) is 30.3 Å². The minimum atomic E-state index is -4.17. The number of carbonyl (C=O) groups is 1. The molecule has 0 fully saturated rings. The Kier molecular flexibility index (Phi) is 7.96. The molecule has 0 amide bonds. The fourth-order valence-electron chi connectivity index (χ4n) is 1.31. The lowest BCUT2D eigenvalue weighted by Gasteiger charge is -2.20. The van der Waals surface area contributed by atoms with Gasteiger partial charge in [0, 0.05) is 6.92 Å². The molecule has 2 atom stereocenters. The molecule has 1 aromatic rings. The lowest BCUT2D eigenvalue weighted by atomic mass is 10.00. The minimum Gasteiger partial charge on any atom is -0.435 e. The summed E-state index contributed by atoms with van der Waals surface area (Å²) < 4.78 is 29.8. The van der Waals surface area contributed by atoms with E-state index < -0.39 is 28.5 Å². The number of esters is 1. The van der Waals surface area contributed by atoms with Crippen LogP contribution in [0.5, 0.6) is 0 Å². The lowest BCUT2D eigenvalue weighted by molar-refractivity contribution is -0.170. The van der Waals surface area contributed by atoms with Crippen molar-refractivity contribution in [2.75, 3.05) is 6.61 Å². The predicted molar refractivity (Wildman–Crippen MR) is 69.8 cm³/mol. The average molecular weight is 307 g/mol. The molecule has 0 saturated carbocycles. The number of carbonyl (C=O) groups excluding carboxylic acids is 1. The summed E-state index contributed by atoms with van der Waals surface area (Å²) in [5.41, 5.74) is 0.730. The van der Waals surface area contributed by atoms with Gasteiger partial charge in [0.15, 0.2) is 0 Å². The second-order valence-corrected chi connectivity index (χ2v) is 4.74. The van der Waals surface area contributed by atoms with Crippen molar-refractivity contribution in [3.8, 4) is 0 Å². The fourth-order valence-corrected chi connectivity index (χ4v) is 1.31. The monoisotopic (exact) mass is 307 g/mol. The summed E-state index contributed by atoms with van der Waals surface area (Å²) in [6.45, 7) is 0.932. The topological polar surface area (TPSA) is 147 Å². The van der Waals surface area contributed by atoms with Crippen molar-refractivity contribution in [2.24, 2.45) is 5.14 Å². The number of aliphatic hydroxyl groups excluding tert-OH is 2. The van der Waals surface area contributed by atoms with Crippen molar-refractivity contribution in [2.45, 2.75) is 19.1 Å². The number of benzene rings is 1. The Balaban J connectivity index is 0.000000621. The molecule has 9 heteroatoms. The molecule has 0 heterocycles. The summed E-state index contributed by atoms with van der Waals surface area (Å²) in [6, 6.07) is 8.92. The lowest BCUT2D eigenvalue weighted by Crippen LogP contribution is -2.26. The zero-order valence-corrected chi connectivity index (χ0v) is 11.5. The number of ether oxygens (including phenoxy) is 1. The SMILES string of the molecule is CC(=O)OC(O)C(CO)c1ccccc1.NS(=O)(=O)O. The van der Waals surface area contributed by atoms with Gasteiger partial charge in [-0.3, -0.25) is 9.35 Å². The van der Waals surface area contributed by atoms with Gasteiger partial charge < -0.3 is 14.9 Å². The molecular formula is C11H17NO7S. The molecule has 20 heavy (non-hydrogen) atoms. The maximum absolute atomic E-state index is 10.6. The number of hydrogen-bond donors (Lipinski definition) is 4. The van der Waals surface area contributed by atoms with Crippen LogP contribution in [0.15, 0.2) is 30.3 Å². The normalized spacial score (nSPS) is 13.7. The molecule has 5 N–H and O–H groups in total. The van der Waals surface area contributed by atoms with Crippen LogP contribution in [0.3, 0.4) is 0 Å². The van der Waals surface area contributed by atoms with Gasteiger partial charge in [0.25, 0.3) is 0 Å². The first kappa shape index (κ1) is 18.5. The first-order chi connectivity index (χ1) is 9.15. The second kappa shape index (κ2) is 8.61. The van der Waals surface area contributed by atoms with E-state index in [4.69, 9.17) is 18.1 Å². The highest BCUT2D eigenvalue weighted by atomic mass is 32.2. The van der Waals surface area contributed by atoms with Crippen LogP contribution < -0.4 is 5.14 Å². The molecule has 8 nitrogen and oxygen atoms in total. The molecule has 0 aliphatic carbocycles. The van der Waals surface area contributed by atoms with Gasteiger partial charge in [0.2, 0.25) is 6.29 Å². The minimum absolute atomic E-state index is 0.279. The summed E-state index contributed by atoms with van der Waals surface area (Å²) in [5, 5.41) is 22.5. The van der Waals surface area contributed by atoms with Crippen LogP contribution in [0.4, 0.5) is 0 Å². The molecule has 2 unspecified atom stereocenters. The van der Waals surface area contributed by atoms with Gasteiger partial charge in [-0.15, -0.1) is 0 Å². The number of hydrogen-bond acceptors (Lipinski definition) is 6. The second-order valence-electron chi connectivity index (χ2n) is 3.71. The van der Waals surface area contributed by atoms with Crippen LogP contribution in [0, 0.1) is 0 Å². The molecule has 114 valence electrons. The highest BCUT2D eigenvalue weighted by Crippen LogP contribution is 2.19. The van der Waals surface area contributed by atoms with E-state index in [1.54, 1.807) is 24.3 Å². The van der Waals surface area contributed by atoms with Gasteiger partial charge >= 0.3 is 16.3 Å². The molecule has 0 aliphatic heterocycles. The Morgan fingerprint density at radius 3 is 2.15 bits per heavy atom. The molecule has 0 spiro atoms. The van der Waals surface area contributed by atoms with E-state index in [-0.39, 0.29) is 6.61 Å². The average Bonchev–Trinajstić information content (AvgIpc) is 2.28. The summed E-state index contributed by atoms with van der Waals surface area (Å²) in [7, 11) is -4.17. The Labute approximate surface area is 116 Å². The number of rotatable bonds is 4. The van der Waals surface area contributed by atoms with E-state index in [1.165, 1.54) is 6.92 Å². The Morgan fingerprint density at radius 1 is 1.35 bits per heavy atom. The molecule has 0 aromatic heterocycles. The van der Waals surface area contributed by atoms with E-state index in [1.807, 2.05) is 6.07 Å². The third-order valence-electron chi connectivity index (χ3n) is 2.06. The third kappa shape index (κ3) is 9.42. The van der Waals surface area contributed by atoms with Crippen LogP contribution in [-0.4, -0.2) is 42.0 Å². The first-order valence-electron chi connectivity index (χ1n) is 5.41. The summed E-state index contributed by atoms with van der Waals surface area (Å²) >= 11 is 0. The highest BCUT2D eigenvalue weighted by Gasteiger charge is 2.22. The summed E-state index contributed by atoms with van der Waals surface area (Å²) in [4.78, 5) is 10.6. The van der Waals surface area contributed by atoms with Crippen LogP contribution in [-0.2, 0) is 19.8 Å². The molecule has 1 rings (SSSR count). The Bertz CT molecular complexity index is 495. The van der Waals surface area contributed by atoms with E-state index >= 15 is 0 Å². The molecule has 0 bridgehead atoms. The maximum atomic E-state index is 10.6. The smallest absolute Gasteiger partial charge is 0.330 e. The highest BCUT2D eigenvalue weighted by molar-refractivity contribution is 7.83. The van der Waals surface area contributed by atoms with Crippen LogP contribution in [0.2, 0.25) is 0 Å². The zero-order valence-electron chi connectivity index (χ0n) is 10.7. The number of aliphatic hydroxyl groups is 2. The van der Waals surface area contributed by atoms with E-state index in [9.17, 15) is 9.90 Å². The predicted octanol–water partition coefficient (Wildman–Crippen LogP) is -0.608. The van der Waals surface area contributed by atoms with Crippen molar-refractivity contribution < 1.29 is 32.7 Å². The van der Waals surface area contributed by atoms with Crippen LogP contribution in [0.1, 0.15) is 18.4 Å². The molecule has 0 saturated heterocycles. The van der Waals surface area contributed by atoms with Crippen molar-refractivity contribution in [1.82, 2.24) is 0 Å². The van der Waals surface area contributed by atoms with Gasteiger partial charge in [0.05, 0.1) is 12.5 Å². The fraction of sp³-hybridized carbons (Fsp3) is 0.364. The molecule has 0 radical (unpaired) electrons. The summed E-state index contributed by atoms with van der Waals surface area (Å²) in [5.74, 6) is -1.17. The van der Waals surface area contributed by atoms with Gasteiger partial charge in [-0.2, -0.15) is 8.42 Å². The van der Waals surface area contributed by atoms with Crippen molar-refractivity contribution in [3.63, 3.8) is 0 Å². The van der Waals surface area contributed by atoms with Gasteiger partial charge in [0.1, 0.15) is 0 Å². The van der Waals surface area contributed by atoms with E-state index in [0.717, 1.165) is 5.56 Å². The first-order valence-corrected chi connectivity index (χ1v) is 6.91. The Hall–Kier alpha value is -1.52. The van der Waals surface area contributed by atoms with E-state index in [2.05, 4.69) is 9.88 Å². The van der Waals surface area contributed by atoms with Crippen molar-refractivity contribution in [3.05, 3.63) is 35.9 Å². The zero-order chi connectivity index (χ0) is 15.8. The van der Waals surface area contributed by atoms with Crippen LogP contribution >= 0.6 is 0 Å². The van der Waals surface area contributed by atoms with Crippen molar-refractivity contribution >= 4 is 16.3 Å². The van der Waals surface area contributed by atoms with Gasteiger partial charge in [-0.05, 0) is 5.56 Å². The Morgan fingerprint density at radius 2 is 1.80 bits per heavy atom. The third-order valence-corrected chi connectivity index (χ3v) is 2.06.